The van der Waals surface area contributed by atoms with E-state index in [-0.39, 0.29) is 58.9 Å². The van der Waals surface area contributed by atoms with E-state index >= 15 is 0 Å². The maximum absolute atomic E-state index is 13.4. The lowest BCUT2D eigenvalue weighted by molar-refractivity contribution is 0.00962. The molecule has 1 heterocycles. The highest BCUT2D eigenvalue weighted by Crippen LogP contribution is 2.49. The summed E-state index contributed by atoms with van der Waals surface area (Å²) in [5.41, 5.74) is 0.444. The molecule has 0 bridgehead atoms. The quantitative estimate of drug-likeness (QED) is 0.153. The number of nitrogens with one attached hydrogen (secondary N) is 2. The molecule has 12 nitrogen and oxygen atoms in total. The summed E-state index contributed by atoms with van der Waals surface area (Å²) in [6.45, 7) is 20.7. The van der Waals surface area contributed by atoms with E-state index in [4.69, 9.17) is 9.68 Å². The van der Waals surface area contributed by atoms with E-state index in [1.165, 1.54) is 9.80 Å². The first-order valence-corrected chi connectivity index (χ1v) is 15.9. The molecule has 0 spiro atoms. The zero-order chi connectivity index (χ0) is 33.1. The van der Waals surface area contributed by atoms with Crippen molar-refractivity contribution in [3.63, 3.8) is 0 Å². The molecule has 44 heavy (non-hydrogen) atoms. The summed E-state index contributed by atoms with van der Waals surface area (Å²) < 4.78 is 0. The van der Waals surface area contributed by atoms with Crippen LogP contribution < -0.4 is 10.6 Å². The Balaban J connectivity index is 1.63. The van der Waals surface area contributed by atoms with Gasteiger partial charge in [0.05, 0.1) is 11.4 Å². The number of hydrogen-bond acceptors (Lipinski definition) is 8. The van der Waals surface area contributed by atoms with Gasteiger partial charge in [0.25, 0.3) is 0 Å². The number of rotatable bonds is 10. The zero-order valence-corrected chi connectivity index (χ0v) is 28.5. The first-order chi connectivity index (χ1) is 20.3. The molecular weight excluding hydrogens is 564 g/mol. The minimum Gasteiger partial charge on any atom is -0.317 e. The third-order valence-electron chi connectivity index (χ3n) is 9.13. The number of oxime groups is 2. The fourth-order valence-electron chi connectivity index (χ4n) is 7.91. The van der Waals surface area contributed by atoms with Crippen molar-refractivity contribution in [2.24, 2.45) is 32.0 Å². The number of carbonyl (C=O) groups is 4. The molecule has 3 aliphatic rings. The van der Waals surface area contributed by atoms with Gasteiger partial charge in [0, 0.05) is 25.2 Å². The molecule has 1 saturated heterocycles. The van der Waals surface area contributed by atoms with Crippen molar-refractivity contribution < 1.29 is 28.9 Å². The molecule has 0 aromatic rings. The van der Waals surface area contributed by atoms with Gasteiger partial charge in [0.2, 0.25) is 0 Å². The molecule has 6 amide bonds. The van der Waals surface area contributed by atoms with E-state index in [2.05, 4.69) is 62.5 Å². The minimum absolute atomic E-state index is 0.116. The Morgan fingerprint density at radius 3 is 1.36 bits per heavy atom. The Morgan fingerprint density at radius 2 is 1.05 bits per heavy atom. The van der Waals surface area contributed by atoms with Gasteiger partial charge < -0.3 is 10.6 Å². The highest BCUT2D eigenvalue weighted by atomic mass is 16.7. The summed E-state index contributed by atoms with van der Waals surface area (Å²) in [4.78, 5) is 64.4. The average Bonchev–Trinajstić information content (AvgIpc) is 2.89. The van der Waals surface area contributed by atoms with Crippen LogP contribution in [0, 0.1) is 21.7 Å². The van der Waals surface area contributed by atoms with Crippen LogP contribution in [-0.4, -0.2) is 70.6 Å². The predicted molar refractivity (Wildman–Crippen MR) is 169 cm³/mol. The van der Waals surface area contributed by atoms with Gasteiger partial charge >= 0.3 is 24.2 Å². The number of hydrogen-bond donors (Lipinski definition) is 2. The Morgan fingerprint density at radius 1 is 0.705 bits per heavy atom. The summed E-state index contributed by atoms with van der Waals surface area (Å²) >= 11 is 0. The number of nitrogens with zero attached hydrogens (tertiary/aromatic N) is 4. The van der Waals surface area contributed by atoms with Crippen molar-refractivity contribution in [3.8, 4) is 0 Å². The molecule has 0 aromatic heterocycles. The van der Waals surface area contributed by atoms with Crippen LogP contribution in [0.25, 0.3) is 0 Å². The molecule has 1 aliphatic heterocycles. The van der Waals surface area contributed by atoms with Gasteiger partial charge in [-0.05, 0) is 86.9 Å². The minimum atomic E-state index is -0.598. The van der Waals surface area contributed by atoms with Gasteiger partial charge in [-0.3, -0.25) is 9.68 Å². The largest absolute Gasteiger partial charge is 0.433 e. The fourth-order valence-corrected chi connectivity index (χ4v) is 7.91. The highest BCUT2D eigenvalue weighted by molar-refractivity contribution is 6.11. The molecule has 2 aliphatic carbocycles. The third-order valence-corrected chi connectivity index (χ3v) is 9.13. The molecule has 4 atom stereocenters. The first kappa shape index (κ1) is 35.3. The Kier molecular flexibility index (Phi) is 10.8. The average molecular weight is 619 g/mol. The van der Waals surface area contributed by atoms with Crippen LogP contribution >= 0.6 is 0 Å². The van der Waals surface area contributed by atoms with Crippen LogP contribution in [0.1, 0.15) is 121 Å². The van der Waals surface area contributed by atoms with Gasteiger partial charge in [-0.15, -0.1) is 0 Å². The molecule has 2 saturated carbocycles. The van der Waals surface area contributed by atoms with E-state index in [1.807, 2.05) is 13.8 Å². The van der Waals surface area contributed by atoms with Gasteiger partial charge in [-0.25, -0.2) is 29.0 Å². The molecule has 0 radical (unpaired) electrons. The highest BCUT2D eigenvalue weighted by Gasteiger charge is 2.53. The van der Waals surface area contributed by atoms with E-state index in [9.17, 15) is 19.2 Å². The second-order valence-electron chi connectivity index (χ2n) is 15.7. The molecule has 2 N–H and O–H groups in total. The van der Waals surface area contributed by atoms with Crippen molar-refractivity contribution in [2.45, 2.75) is 133 Å². The Labute approximate surface area is 262 Å². The third kappa shape index (κ3) is 9.41. The Hall–Kier alpha value is -3.18. The van der Waals surface area contributed by atoms with Gasteiger partial charge in [0.15, 0.2) is 0 Å². The van der Waals surface area contributed by atoms with Gasteiger partial charge in [-0.2, -0.15) is 0 Å². The SMILES string of the molecule is CCC(C)=NOC(=O)NC1CC(C)(C)CC(C)(CN2C(=O)N(CC3(C)CC(NC(=O)ON=C(C)CC)CC(C)(C)C3)C2=O)C1. The summed E-state index contributed by atoms with van der Waals surface area (Å²) in [5, 5.41) is 13.6. The summed E-state index contributed by atoms with van der Waals surface area (Å²) in [6, 6.07) is -0.948. The maximum Gasteiger partial charge on any atom is 0.433 e. The summed E-state index contributed by atoms with van der Waals surface area (Å²) in [5.74, 6) is 0. The van der Waals surface area contributed by atoms with Crippen LogP contribution in [0.4, 0.5) is 19.2 Å². The van der Waals surface area contributed by atoms with Crippen LogP contribution in [-0.2, 0) is 9.68 Å². The molecule has 248 valence electrons. The number of amides is 6. The first-order valence-electron chi connectivity index (χ1n) is 15.9. The standard InChI is InChI=1S/C32H54N6O6/c1-11-21(3)35-43-25(39)33-23-13-29(5,6)17-31(9,15-23)19-37-27(41)38(28(37)42)20-32(10)16-24(14-30(7,8)18-32)34-26(40)44-36-22(4)12-2/h23-24H,11-20H2,1-10H3,(H,33,39)(H,34,40). The molecule has 12 heteroatoms. The van der Waals surface area contributed by atoms with Crippen molar-refractivity contribution in [1.29, 1.82) is 0 Å². The van der Waals surface area contributed by atoms with E-state index in [0.717, 1.165) is 37.1 Å². The summed E-state index contributed by atoms with van der Waals surface area (Å²) in [6.07, 6.45) is 4.50. The maximum atomic E-state index is 13.4. The molecule has 3 fully saturated rings. The lowest BCUT2D eigenvalue weighted by atomic mass is 9.62. The molecule has 4 unspecified atom stereocenters. The number of carbonyl (C=O) groups excluding carboxylic acids is 4. The number of imide groups is 2. The smallest absolute Gasteiger partial charge is 0.317 e. The summed E-state index contributed by atoms with van der Waals surface area (Å²) in [7, 11) is 0. The van der Waals surface area contributed by atoms with E-state index in [0.29, 0.717) is 25.7 Å². The zero-order valence-electron chi connectivity index (χ0n) is 28.5. The monoisotopic (exact) mass is 618 g/mol. The number of urea groups is 2. The van der Waals surface area contributed by atoms with Crippen LogP contribution in [0.2, 0.25) is 0 Å². The van der Waals surface area contributed by atoms with Crippen LogP contribution in [0.5, 0.6) is 0 Å². The molecule has 0 aromatic carbocycles. The molecule has 3 rings (SSSR count). The van der Waals surface area contributed by atoms with Crippen molar-refractivity contribution in [1.82, 2.24) is 20.4 Å². The normalized spacial score (nSPS) is 30.4. The van der Waals surface area contributed by atoms with Crippen molar-refractivity contribution >= 4 is 35.7 Å². The fraction of sp³-hybridized carbons (Fsp3) is 0.812. The second-order valence-corrected chi connectivity index (χ2v) is 15.7. The van der Waals surface area contributed by atoms with Gasteiger partial charge in [-0.1, -0.05) is 65.7 Å². The van der Waals surface area contributed by atoms with Crippen LogP contribution in [0.15, 0.2) is 10.3 Å². The lowest BCUT2D eigenvalue weighted by Gasteiger charge is -2.53. The van der Waals surface area contributed by atoms with Crippen molar-refractivity contribution in [2.75, 3.05) is 13.1 Å². The Bertz CT molecular complexity index is 1080. The molecular formula is C32H54N6O6. The topological polar surface area (TPSA) is 142 Å². The van der Waals surface area contributed by atoms with E-state index in [1.54, 1.807) is 13.8 Å². The second kappa shape index (κ2) is 13.4. The lowest BCUT2D eigenvalue weighted by Crippen LogP contribution is -2.68. The van der Waals surface area contributed by atoms with Crippen LogP contribution in [0.3, 0.4) is 0 Å². The van der Waals surface area contributed by atoms with Gasteiger partial charge in [0.1, 0.15) is 0 Å². The predicted octanol–water partition coefficient (Wildman–Crippen LogP) is 7.04. The van der Waals surface area contributed by atoms with E-state index < -0.39 is 12.2 Å². The van der Waals surface area contributed by atoms with Crippen molar-refractivity contribution in [3.05, 3.63) is 0 Å².